The van der Waals surface area contributed by atoms with Crippen molar-refractivity contribution in [2.45, 2.75) is 58.3 Å². The van der Waals surface area contributed by atoms with E-state index in [1.165, 1.54) is 4.90 Å². The largest absolute Gasteiger partial charge is 0.480 e. The summed E-state index contributed by atoms with van der Waals surface area (Å²) in [4.78, 5) is 62.4. The van der Waals surface area contributed by atoms with Crippen LogP contribution in [0.5, 0.6) is 0 Å². The number of nitrogens with zero attached hydrogens (tertiary/aromatic N) is 2. The lowest BCUT2D eigenvalue weighted by atomic mass is 10.0. The second-order valence-electron chi connectivity index (χ2n) is 8.55. The Morgan fingerprint density at radius 2 is 1.94 bits per heavy atom. The Bertz CT molecular complexity index is 951. The van der Waals surface area contributed by atoms with E-state index < -0.39 is 42.1 Å². The van der Waals surface area contributed by atoms with Gasteiger partial charge in [-0.25, -0.2) is 4.79 Å². The van der Waals surface area contributed by atoms with Gasteiger partial charge in [-0.05, 0) is 44.4 Å². The van der Waals surface area contributed by atoms with Crippen LogP contribution in [0.25, 0.3) is 0 Å². The number of alkyl carbamates (subject to hydrolysis) is 1. The molecule has 1 aromatic rings. The van der Waals surface area contributed by atoms with Crippen LogP contribution >= 0.6 is 0 Å². The predicted molar refractivity (Wildman–Crippen MR) is 107 cm³/mol. The molecular formula is C21H25N3O7. The summed E-state index contributed by atoms with van der Waals surface area (Å²) in [5.74, 6) is -2.86. The zero-order valence-corrected chi connectivity index (χ0v) is 17.6. The van der Waals surface area contributed by atoms with Crippen molar-refractivity contribution in [2.75, 3.05) is 6.54 Å². The molecule has 0 radical (unpaired) electrons. The van der Waals surface area contributed by atoms with E-state index in [1.807, 2.05) is 0 Å². The van der Waals surface area contributed by atoms with Crippen LogP contribution in [0.3, 0.4) is 0 Å². The Balaban J connectivity index is 1.70. The molecule has 2 heterocycles. The van der Waals surface area contributed by atoms with Crippen LogP contribution in [0, 0.1) is 0 Å². The number of hydrogen-bond acceptors (Lipinski definition) is 6. The first-order valence-corrected chi connectivity index (χ1v) is 9.92. The number of carbonyl (C=O) groups is 5. The standard InChI is InChI=1S/C21H25N3O7/c1-21(2,3)31-20(30)22-9-12-4-5-14-13(8-12)10-23(18(14)28)15-6-7-16(25)24(19(15)29)11-17(26)27/h4-5,8,15H,6-7,9-11H2,1-3H3,(H,22,30)(H,26,27). The minimum absolute atomic E-state index is 0.00509. The number of nitrogens with one attached hydrogen (secondary N) is 1. The van der Waals surface area contributed by atoms with E-state index in [2.05, 4.69) is 5.32 Å². The summed E-state index contributed by atoms with van der Waals surface area (Å²) in [7, 11) is 0. The maximum Gasteiger partial charge on any atom is 0.407 e. The second-order valence-corrected chi connectivity index (χ2v) is 8.55. The Kier molecular flexibility index (Phi) is 6.01. The summed E-state index contributed by atoms with van der Waals surface area (Å²) in [5.41, 5.74) is 1.28. The van der Waals surface area contributed by atoms with Gasteiger partial charge in [-0.1, -0.05) is 12.1 Å². The number of carboxylic acids is 1. The molecule has 3 rings (SSSR count). The Morgan fingerprint density at radius 3 is 2.58 bits per heavy atom. The van der Waals surface area contributed by atoms with Gasteiger partial charge in [0.1, 0.15) is 18.2 Å². The maximum absolute atomic E-state index is 12.9. The van der Waals surface area contributed by atoms with Crippen LogP contribution < -0.4 is 5.32 Å². The van der Waals surface area contributed by atoms with Crippen molar-refractivity contribution in [3.05, 3.63) is 34.9 Å². The minimum atomic E-state index is -1.29. The molecule has 2 N–H and O–H groups in total. The predicted octanol–water partition coefficient (Wildman–Crippen LogP) is 1.27. The zero-order valence-electron chi connectivity index (χ0n) is 17.6. The average molecular weight is 431 g/mol. The number of aliphatic carboxylic acids is 1. The van der Waals surface area contributed by atoms with E-state index in [0.29, 0.717) is 16.0 Å². The van der Waals surface area contributed by atoms with Gasteiger partial charge in [0.05, 0.1) is 0 Å². The number of amides is 4. The van der Waals surface area contributed by atoms with Crippen molar-refractivity contribution in [3.8, 4) is 0 Å². The summed E-state index contributed by atoms with van der Waals surface area (Å²) in [6.45, 7) is 4.95. The normalized spacial score (nSPS) is 18.8. The first kappa shape index (κ1) is 22.3. The number of piperidine rings is 1. The molecule has 1 atom stereocenters. The van der Waals surface area contributed by atoms with E-state index in [-0.39, 0.29) is 31.8 Å². The molecule has 1 saturated heterocycles. The molecule has 0 aromatic heterocycles. The molecule has 10 heteroatoms. The summed E-state index contributed by atoms with van der Waals surface area (Å²) >= 11 is 0. The van der Waals surface area contributed by atoms with Gasteiger partial charge in [0.15, 0.2) is 0 Å². The number of ether oxygens (including phenoxy) is 1. The van der Waals surface area contributed by atoms with Crippen molar-refractivity contribution in [2.24, 2.45) is 0 Å². The topological polar surface area (TPSA) is 133 Å². The number of carbonyl (C=O) groups excluding carboxylic acids is 4. The number of hydrogen-bond donors (Lipinski definition) is 2. The monoisotopic (exact) mass is 431 g/mol. The third-order valence-corrected chi connectivity index (χ3v) is 4.99. The Hall–Kier alpha value is -3.43. The number of carboxylic acid groups (broad SMARTS) is 1. The molecule has 31 heavy (non-hydrogen) atoms. The first-order valence-electron chi connectivity index (χ1n) is 9.92. The lowest BCUT2D eigenvalue weighted by Crippen LogP contribution is -2.55. The Labute approximate surface area is 179 Å². The van der Waals surface area contributed by atoms with Crippen molar-refractivity contribution >= 4 is 29.8 Å². The van der Waals surface area contributed by atoms with Crippen molar-refractivity contribution in [3.63, 3.8) is 0 Å². The van der Waals surface area contributed by atoms with Gasteiger partial charge in [0.2, 0.25) is 5.91 Å². The highest BCUT2D eigenvalue weighted by atomic mass is 16.6. The fourth-order valence-electron chi connectivity index (χ4n) is 3.66. The molecular weight excluding hydrogens is 406 g/mol. The van der Waals surface area contributed by atoms with Crippen LogP contribution in [0.1, 0.15) is 55.1 Å². The molecule has 0 spiro atoms. The molecule has 1 fully saturated rings. The van der Waals surface area contributed by atoms with Crippen LogP contribution in [-0.4, -0.2) is 62.9 Å². The Morgan fingerprint density at radius 1 is 1.23 bits per heavy atom. The molecule has 0 saturated carbocycles. The summed E-state index contributed by atoms with van der Waals surface area (Å²) in [5, 5.41) is 11.6. The van der Waals surface area contributed by atoms with E-state index in [0.717, 1.165) is 5.56 Å². The molecule has 10 nitrogen and oxygen atoms in total. The molecule has 1 unspecified atom stereocenters. The summed E-state index contributed by atoms with van der Waals surface area (Å²) < 4.78 is 5.20. The summed E-state index contributed by atoms with van der Waals surface area (Å²) in [6.07, 6.45) is -0.406. The maximum atomic E-state index is 12.9. The average Bonchev–Trinajstić information content (AvgIpc) is 2.98. The van der Waals surface area contributed by atoms with Gasteiger partial charge in [-0.3, -0.25) is 24.1 Å². The van der Waals surface area contributed by atoms with Crippen LogP contribution in [0.4, 0.5) is 4.79 Å². The SMILES string of the molecule is CC(C)(C)OC(=O)NCc1ccc2c(c1)CN(C1CCC(=O)N(CC(=O)O)C1=O)C2=O. The molecule has 166 valence electrons. The number of fused-ring (bicyclic) bond motifs is 1. The van der Waals surface area contributed by atoms with E-state index in [4.69, 9.17) is 9.84 Å². The lowest BCUT2D eigenvalue weighted by Gasteiger charge is -2.34. The first-order chi connectivity index (χ1) is 14.5. The van der Waals surface area contributed by atoms with Crippen LogP contribution in [-0.2, 0) is 32.2 Å². The van der Waals surface area contributed by atoms with E-state index in [9.17, 15) is 24.0 Å². The second kappa shape index (κ2) is 8.37. The van der Waals surface area contributed by atoms with E-state index in [1.54, 1.807) is 39.0 Å². The minimum Gasteiger partial charge on any atom is -0.480 e. The molecule has 2 aliphatic rings. The number of rotatable bonds is 5. The van der Waals surface area contributed by atoms with Crippen LogP contribution in [0.2, 0.25) is 0 Å². The molecule has 4 amide bonds. The highest BCUT2D eigenvalue weighted by molar-refractivity contribution is 6.06. The van der Waals surface area contributed by atoms with Crippen LogP contribution in [0.15, 0.2) is 18.2 Å². The third-order valence-electron chi connectivity index (χ3n) is 4.99. The lowest BCUT2D eigenvalue weighted by molar-refractivity contribution is -0.158. The van der Waals surface area contributed by atoms with Gasteiger partial charge in [0, 0.05) is 25.1 Å². The summed E-state index contributed by atoms with van der Waals surface area (Å²) in [6, 6.07) is 4.23. The molecule has 0 bridgehead atoms. The fourth-order valence-corrected chi connectivity index (χ4v) is 3.66. The van der Waals surface area contributed by atoms with Gasteiger partial charge in [-0.15, -0.1) is 0 Å². The zero-order chi connectivity index (χ0) is 22.9. The van der Waals surface area contributed by atoms with Crippen molar-refractivity contribution in [1.29, 1.82) is 0 Å². The molecule has 1 aromatic carbocycles. The number of benzene rings is 1. The van der Waals surface area contributed by atoms with Crippen molar-refractivity contribution < 1.29 is 33.8 Å². The van der Waals surface area contributed by atoms with Crippen molar-refractivity contribution in [1.82, 2.24) is 15.1 Å². The number of imide groups is 1. The van der Waals surface area contributed by atoms with Gasteiger partial charge < -0.3 is 20.1 Å². The van der Waals surface area contributed by atoms with Gasteiger partial charge in [0.25, 0.3) is 11.8 Å². The third kappa shape index (κ3) is 5.01. The van der Waals surface area contributed by atoms with Gasteiger partial charge >= 0.3 is 12.1 Å². The smallest absolute Gasteiger partial charge is 0.407 e. The van der Waals surface area contributed by atoms with Gasteiger partial charge in [-0.2, -0.15) is 0 Å². The fraction of sp³-hybridized carbons (Fsp3) is 0.476. The highest BCUT2D eigenvalue weighted by Gasteiger charge is 2.43. The number of likely N-dealkylation sites (tertiary alicyclic amines) is 1. The molecule has 0 aliphatic carbocycles. The van der Waals surface area contributed by atoms with E-state index >= 15 is 0 Å². The highest BCUT2D eigenvalue weighted by Crippen LogP contribution is 2.29. The quantitative estimate of drug-likeness (QED) is 0.671. The molecule has 2 aliphatic heterocycles.